The van der Waals surface area contributed by atoms with Gasteiger partial charge in [0.15, 0.2) is 6.29 Å². The fourth-order valence-electron chi connectivity index (χ4n) is 2.45. The Labute approximate surface area is 125 Å². The normalized spacial score (nSPS) is 10.7. The Morgan fingerprint density at radius 1 is 0.700 bits per heavy atom. The summed E-state index contributed by atoms with van der Waals surface area (Å²) >= 11 is 0. The van der Waals surface area contributed by atoms with E-state index in [1.165, 1.54) is 51.4 Å². The lowest BCUT2D eigenvalue weighted by Gasteiger charge is -2.02. The minimum Gasteiger partial charge on any atom is -0.300 e. The molecule has 2 heteroatoms. The number of ketones is 1. The van der Waals surface area contributed by atoms with Gasteiger partial charge in [-0.1, -0.05) is 64.7 Å². The van der Waals surface area contributed by atoms with Crippen molar-refractivity contribution in [2.45, 2.75) is 103 Å². The van der Waals surface area contributed by atoms with Crippen molar-refractivity contribution >= 4 is 12.1 Å². The van der Waals surface area contributed by atoms with Gasteiger partial charge in [-0.2, -0.15) is 0 Å². The summed E-state index contributed by atoms with van der Waals surface area (Å²) in [5, 5.41) is 0. The molecule has 20 heavy (non-hydrogen) atoms. The molecule has 0 atom stereocenters. The van der Waals surface area contributed by atoms with Crippen LogP contribution in [0.3, 0.4) is 0 Å². The number of carbonyl (C=O) groups excluding carboxylic acids is 2. The third-order valence-corrected chi connectivity index (χ3v) is 3.79. The molecule has 0 aromatic rings. The van der Waals surface area contributed by atoms with Crippen LogP contribution >= 0.6 is 0 Å². The first kappa shape index (κ1) is 19.3. The molecular formula is C18H33O2. The van der Waals surface area contributed by atoms with E-state index in [0.29, 0.717) is 12.2 Å². The van der Waals surface area contributed by atoms with Crippen LogP contribution < -0.4 is 0 Å². The van der Waals surface area contributed by atoms with Crippen molar-refractivity contribution in [3.63, 3.8) is 0 Å². The van der Waals surface area contributed by atoms with Gasteiger partial charge in [-0.3, -0.25) is 9.59 Å². The Kier molecular flexibility index (Phi) is 15.9. The summed E-state index contributed by atoms with van der Waals surface area (Å²) in [4.78, 5) is 21.6. The van der Waals surface area contributed by atoms with E-state index < -0.39 is 0 Å². The third-order valence-electron chi connectivity index (χ3n) is 3.79. The van der Waals surface area contributed by atoms with E-state index in [1.807, 2.05) is 6.29 Å². The maximum atomic E-state index is 11.6. The fraction of sp³-hybridized carbons (Fsp3) is 0.889. The van der Waals surface area contributed by atoms with Crippen molar-refractivity contribution in [2.75, 3.05) is 0 Å². The van der Waals surface area contributed by atoms with Gasteiger partial charge < -0.3 is 0 Å². The second-order valence-electron chi connectivity index (χ2n) is 5.82. The van der Waals surface area contributed by atoms with Crippen LogP contribution in [0.15, 0.2) is 0 Å². The molecule has 0 bridgehead atoms. The molecular weight excluding hydrogens is 248 g/mol. The van der Waals surface area contributed by atoms with Gasteiger partial charge in [-0.25, -0.2) is 0 Å². The number of hydrogen-bond donors (Lipinski definition) is 0. The quantitative estimate of drug-likeness (QED) is 0.348. The number of Topliss-reactive ketones (excluding diaryl/α,β-unsaturated/α-hetero) is 1. The summed E-state index contributed by atoms with van der Waals surface area (Å²) in [5.41, 5.74) is 0. The SMILES string of the molecule is CCCCCCC(=O)CCCCCCCCCC[C]=O. The largest absolute Gasteiger partial charge is 0.300 e. The van der Waals surface area contributed by atoms with Crippen molar-refractivity contribution in [1.82, 2.24) is 0 Å². The molecule has 0 unspecified atom stereocenters. The number of rotatable bonds is 16. The molecule has 0 rings (SSSR count). The molecule has 117 valence electrons. The fourth-order valence-corrected chi connectivity index (χ4v) is 2.45. The van der Waals surface area contributed by atoms with Crippen LogP contribution in [0.2, 0.25) is 0 Å². The van der Waals surface area contributed by atoms with E-state index in [0.717, 1.165) is 38.5 Å². The predicted molar refractivity (Wildman–Crippen MR) is 85.6 cm³/mol. The highest BCUT2D eigenvalue weighted by Crippen LogP contribution is 2.12. The van der Waals surface area contributed by atoms with Gasteiger partial charge in [-0.15, -0.1) is 0 Å². The minimum absolute atomic E-state index is 0.464. The van der Waals surface area contributed by atoms with Crippen molar-refractivity contribution < 1.29 is 9.59 Å². The van der Waals surface area contributed by atoms with Gasteiger partial charge in [0.1, 0.15) is 5.78 Å². The first-order chi connectivity index (χ1) is 9.81. The topological polar surface area (TPSA) is 34.1 Å². The lowest BCUT2D eigenvalue weighted by molar-refractivity contribution is -0.119. The average Bonchev–Trinajstić information content (AvgIpc) is 2.45. The van der Waals surface area contributed by atoms with Crippen molar-refractivity contribution in [3.8, 4) is 0 Å². The Balaban J connectivity index is 3.11. The van der Waals surface area contributed by atoms with E-state index in [-0.39, 0.29) is 0 Å². The molecule has 0 aliphatic heterocycles. The zero-order valence-electron chi connectivity index (χ0n) is 13.4. The summed E-state index contributed by atoms with van der Waals surface area (Å²) < 4.78 is 0. The van der Waals surface area contributed by atoms with Gasteiger partial charge in [0.2, 0.25) is 0 Å². The van der Waals surface area contributed by atoms with E-state index in [9.17, 15) is 9.59 Å². The average molecular weight is 281 g/mol. The van der Waals surface area contributed by atoms with Crippen LogP contribution in [-0.4, -0.2) is 12.1 Å². The molecule has 2 nitrogen and oxygen atoms in total. The standard InChI is InChI=1S/C18H33O2/c1-2-3-4-12-15-18(20)16-13-10-8-6-5-7-9-11-14-17-19/h2-16H2,1H3. The van der Waals surface area contributed by atoms with E-state index >= 15 is 0 Å². The summed E-state index contributed by atoms with van der Waals surface area (Å²) in [7, 11) is 0. The van der Waals surface area contributed by atoms with E-state index in [2.05, 4.69) is 6.92 Å². The highest BCUT2D eigenvalue weighted by Gasteiger charge is 2.01. The van der Waals surface area contributed by atoms with E-state index in [4.69, 9.17) is 0 Å². The van der Waals surface area contributed by atoms with Crippen LogP contribution in [0, 0.1) is 0 Å². The molecule has 0 amide bonds. The first-order valence-corrected chi connectivity index (χ1v) is 8.68. The van der Waals surface area contributed by atoms with Crippen molar-refractivity contribution in [3.05, 3.63) is 0 Å². The van der Waals surface area contributed by atoms with Crippen LogP contribution in [0.25, 0.3) is 0 Å². The van der Waals surface area contributed by atoms with Gasteiger partial charge in [-0.05, 0) is 19.3 Å². The summed E-state index contributed by atoms with van der Waals surface area (Å²) in [6, 6.07) is 0. The molecule has 0 aromatic heterocycles. The van der Waals surface area contributed by atoms with Gasteiger partial charge in [0.25, 0.3) is 0 Å². The predicted octanol–water partition coefficient (Wildman–Crippen LogP) is 5.54. The smallest absolute Gasteiger partial charge is 0.198 e. The van der Waals surface area contributed by atoms with Crippen molar-refractivity contribution in [1.29, 1.82) is 0 Å². The molecule has 0 saturated heterocycles. The Morgan fingerprint density at radius 3 is 1.65 bits per heavy atom. The molecule has 0 spiro atoms. The monoisotopic (exact) mass is 281 g/mol. The zero-order chi connectivity index (χ0) is 14.9. The Morgan fingerprint density at radius 2 is 1.15 bits per heavy atom. The molecule has 0 fully saturated rings. The number of hydrogen-bond acceptors (Lipinski definition) is 2. The molecule has 1 radical (unpaired) electrons. The minimum atomic E-state index is 0.464. The Bertz CT molecular complexity index is 223. The molecule has 0 saturated carbocycles. The van der Waals surface area contributed by atoms with E-state index in [1.54, 1.807) is 0 Å². The van der Waals surface area contributed by atoms with Gasteiger partial charge >= 0.3 is 0 Å². The lowest BCUT2D eigenvalue weighted by atomic mass is 10.0. The first-order valence-electron chi connectivity index (χ1n) is 8.68. The number of carbonyl (C=O) groups is 1. The van der Waals surface area contributed by atoms with Crippen LogP contribution in [0.5, 0.6) is 0 Å². The zero-order valence-corrected chi connectivity index (χ0v) is 13.4. The van der Waals surface area contributed by atoms with Crippen LogP contribution in [0.4, 0.5) is 0 Å². The van der Waals surface area contributed by atoms with Crippen molar-refractivity contribution in [2.24, 2.45) is 0 Å². The molecule has 0 aliphatic rings. The maximum absolute atomic E-state index is 11.6. The molecule has 0 aliphatic carbocycles. The molecule has 0 aromatic carbocycles. The second-order valence-corrected chi connectivity index (χ2v) is 5.82. The van der Waals surface area contributed by atoms with Crippen LogP contribution in [-0.2, 0) is 9.59 Å². The summed E-state index contributed by atoms with van der Waals surface area (Å²) in [6.07, 6.45) is 18.4. The maximum Gasteiger partial charge on any atom is 0.198 e. The van der Waals surface area contributed by atoms with Crippen LogP contribution in [0.1, 0.15) is 103 Å². The Hall–Kier alpha value is -0.660. The molecule has 0 N–H and O–H groups in total. The highest BCUT2D eigenvalue weighted by molar-refractivity contribution is 5.78. The van der Waals surface area contributed by atoms with Gasteiger partial charge in [0, 0.05) is 19.3 Å². The second kappa shape index (κ2) is 16.4. The van der Waals surface area contributed by atoms with Gasteiger partial charge in [0.05, 0.1) is 0 Å². The number of unbranched alkanes of at least 4 members (excludes halogenated alkanes) is 11. The lowest BCUT2D eigenvalue weighted by Crippen LogP contribution is -1.97. The summed E-state index contributed by atoms with van der Waals surface area (Å²) in [6.45, 7) is 2.20. The summed E-state index contributed by atoms with van der Waals surface area (Å²) in [5.74, 6) is 0.464. The molecule has 0 heterocycles. The third kappa shape index (κ3) is 15.4. The highest BCUT2D eigenvalue weighted by atomic mass is 16.1.